The summed E-state index contributed by atoms with van der Waals surface area (Å²) in [5.74, 6) is 0. The van der Waals surface area contributed by atoms with Crippen molar-refractivity contribution in [2.75, 3.05) is 5.32 Å². The van der Waals surface area contributed by atoms with E-state index < -0.39 is 0 Å². The molecule has 0 spiro atoms. The number of aryl methyl sites for hydroxylation is 2. The molecule has 1 aromatic carbocycles. The molecule has 0 aliphatic carbocycles. The van der Waals surface area contributed by atoms with Crippen molar-refractivity contribution in [3.8, 4) is 0 Å². The normalized spacial score (nSPS) is 12.2. The Bertz CT molecular complexity index is 607. The fourth-order valence-electron chi connectivity index (χ4n) is 1.91. The number of hydrogen-bond acceptors (Lipinski definition) is 4. The van der Waals surface area contributed by atoms with Crippen molar-refractivity contribution in [2.24, 2.45) is 0 Å². The molecule has 2 rings (SSSR count). The zero-order valence-electron chi connectivity index (χ0n) is 11.1. The molecule has 1 aromatic heterocycles. The van der Waals surface area contributed by atoms with Crippen LogP contribution >= 0.6 is 11.3 Å². The number of nitrogens with one attached hydrogen (secondary N) is 1. The summed E-state index contributed by atoms with van der Waals surface area (Å²) in [5.41, 5.74) is 1.58. The minimum atomic E-state index is -0.346. The SMILES string of the molecule is Cc1ccc(NC(C)c2ccc(C)s2)c([N+](=O)[O-])c1. The summed E-state index contributed by atoms with van der Waals surface area (Å²) in [4.78, 5) is 13.1. The van der Waals surface area contributed by atoms with Gasteiger partial charge in [0.25, 0.3) is 5.69 Å². The van der Waals surface area contributed by atoms with Crippen molar-refractivity contribution in [3.05, 3.63) is 55.8 Å². The standard InChI is InChI=1S/C14H16N2O2S/c1-9-4-6-12(13(8-9)16(17)18)15-11(3)14-7-5-10(2)19-14/h4-8,11,15H,1-3H3. The second-order valence-corrected chi connectivity index (χ2v) is 5.91. The molecule has 0 fully saturated rings. The largest absolute Gasteiger partial charge is 0.372 e. The first-order valence-electron chi connectivity index (χ1n) is 6.05. The van der Waals surface area contributed by atoms with E-state index in [9.17, 15) is 10.1 Å². The van der Waals surface area contributed by atoms with E-state index in [-0.39, 0.29) is 16.7 Å². The summed E-state index contributed by atoms with van der Waals surface area (Å²) in [7, 11) is 0. The molecule has 2 aromatic rings. The highest BCUT2D eigenvalue weighted by Gasteiger charge is 2.16. The van der Waals surface area contributed by atoms with E-state index in [1.807, 2.05) is 19.9 Å². The van der Waals surface area contributed by atoms with Crippen LogP contribution in [0, 0.1) is 24.0 Å². The predicted molar refractivity (Wildman–Crippen MR) is 78.9 cm³/mol. The van der Waals surface area contributed by atoms with Gasteiger partial charge in [-0.1, -0.05) is 6.07 Å². The zero-order chi connectivity index (χ0) is 14.0. The lowest BCUT2D eigenvalue weighted by atomic mass is 10.1. The highest BCUT2D eigenvalue weighted by Crippen LogP contribution is 2.31. The highest BCUT2D eigenvalue weighted by atomic mass is 32.1. The van der Waals surface area contributed by atoms with Crippen LogP contribution in [0.15, 0.2) is 30.3 Å². The van der Waals surface area contributed by atoms with Crippen molar-refractivity contribution in [3.63, 3.8) is 0 Å². The van der Waals surface area contributed by atoms with Gasteiger partial charge >= 0.3 is 0 Å². The number of nitro benzene ring substituents is 1. The van der Waals surface area contributed by atoms with E-state index in [0.29, 0.717) is 5.69 Å². The topological polar surface area (TPSA) is 55.2 Å². The molecule has 0 aliphatic rings. The van der Waals surface area contributed by atoms with Gasteiger partial charge in [-0.15, -0.1) is 11.3 Å². The molecule has 4 nitrogen and oxygen atoms in total. The fourth-order valence-corrected chi connectivity index (χ4v) is 2.78. The van der Waals surface area contributed by atoms with Gasteiger partial charge in [0.05, 0.1) is 11.0 Å². The van der Waals surface area contributed by atoms with E-state index in [4.69, 9.17) is 0 Å². The second kappa shape index (κ2) is 5.40. The molecule has 5 heteroatoms. The van der Waals surface area contributed by atoms with E-state index in [1.54, 1.807) is 23.5 Å². The molecule has 100 valence electrons. The number of nitrogens with zero attached hydrogens (tertiary/aromatic N) is 1. The Kier molecular flexibility index (Phi) is 3.85. The Morgan fingerprint density at radius 1 is 1.26 bits per heavy atom. The van der Waals surface area contributed by atoms with Crippen LogP contribution < -0.4 is 5.32 Å². The van der Waals surface area contributed by atoms with Crippen LogP contribution in [0.5, 0.6) is 0 Å². The summed E-state index contributed by atoms with van der Waals surface area (Å²) in [6.45, 7) is 5.91. The summed E-state index contributed by atoms with van der Waals surface area (Å²) < 4.78 is 0. The van der Waals surface area contributed by atoms with E-state index >= 15 is 0 Å². The van der Waals surface area contributed by atoms with Gasteiger partial charge in [0, 0.05) is 15.8 Å². The molecule has 0 amide bonds. The monoisotopic (exact) mass is 276 g/mol. The molecule has 19 heavy (non-hydrogen) atoms. The predicted octanol–water partition coefficient (Wildman–Crippen LogP) is 4.45. The number of rotatable bonds is 4. The van der Waals surface area contributed by atoms with Crippen molar-refractivity contribution in [2.45, 2.75) is 26.8 Å². The molecular formula is C14H16N2O2S. The second-order valence-electron chi connectivity index (χ2n) is 4.59. The smallest absolute Gasteiger partial charge is 0.292 e. The van der Waals surface area contributed by atoms with Gasteiger partial charge < -0.3 is 5.32 Å². The molecule has 0 aliphatic heterocycles. The molecule has 1 atom stereocenters. The first-order valence-corrected chi connectivity index (χ1v) is 6.87. The average Bonchev–Trinajstić information content (AvgIpc) is 2.78. The van der Waals surface area contributed by atoms with Gasteiger partial charge in [-0.05, 0) is 44.5 Å². The maximum absolute atomic E-state index is 11.1. The number of anilines is 1. The van der Waals surface area contributed by atoms with Crippen molar-refractivity contribution < 1.29 is 4.92 Å². The summed E-state index contributed by atoms with van der Waals surface area (Å²) >= 11 is 1.70. The highest BCUT2D eigenvalue weighted by molar-refractivity contribution is 7.12. The van der Waals surface area contributed by atoms with Gasteiger partial charge in [-0.25, -0.2) is 0 Å². The maximum Gasteiger partial charge on any atom is 0.292 e. The fraction of sp³-hybridized carbons (Fsp3) is 0.286. The maximum atomic E-state index is 11.1. The third kappa shape index (κ3) is 3.12. The zero-order valence-corrected chi connectivity index (χ0v) is 12.0. The Hall–Kier alpha value is -1.88. The minimum Gasteiger partial charge on any atom is -0.372 e. The summed E-state index contributed by atoms with van der Waals surface area (Å²) in [6.07, 6.45) is 0. The van der Waals surface area contributed by atoms with E-state index in [0.717, 1.165) is 5.56 Å². The van der Waals surface area contributed by atoms with Crippen LogP contribution in [-0.2, 0) is 0 Å². The quantitative estimate of drug-likeness (QED) is 0.663. The molecule has 1 unspecified atom stereocenters. The van der Waals surface area contributed by atoms with Crippen molar-refractivity contribution >= 4 is 22.7 Å². The molecule has 0 radical (unpaired) electrons. The lowest BCUT2D eigenvalue weighted by molar-refractivity contribution is -0.384. The Morgan fingerprint density at radius 2 is 2.00 bits per heavy atom. The van der Waals surface area contributed by atoms with Crippen LogP contribution in [0.4, 0.5) is 11.4 Å². The molecule has 0 bridgehead atoms. The minimum absolute atomic E-state index is 0.0557. The van der Waals surface area contributed by atoms with Gasteiger partial charge in [0.2, 0.25) is 0 Å². The Balaban J connectivity index is 2.26. The average molecular weight is 276 g/mol. The van der Waals surface area contributed by atoms with E-state index in [1.165, 1.54) is 9.75 Å². The summed E-state index contributed by atoms with van der Waals surface area (Å²) in [5, 5.41) is 14.3. The van der Waals surface area contributed by atoms with Gasteiger partial charge in [-0.2, -0.15) is 0 Å². The first-order chi connectivity index (χ1) is 8.97. The molecule has 0 saturated heterocycles. The van der Waals surface area contributed by atoms with Crippen LogP contribution in [0.2, 0.25) is 0 Å². The van der Waals surface area contributed by atoms with Gasteiger partial charge in [0.1, 0.15) is 5.69 Å². The lowest BCUT2D eigenvalue weighted by Gasteiger charge is -2.14. The number of benzene rings is 1. The van der Waals surface area contributed by atoms with Crippen LogP contribution in [0.25, 0.3) is 0 Å². The van der Waals surface area contributed by atoms with E-state index in [2.05, 4.69) is 24.4 Å². The van der Waals surface area contributed by atoms with Gasteiger partial charge in [0.15, 0.2) is 0 Å². The van der Waals surface area contributed by atoms with Crippen LogP contribution in [-0.4, -0.2) is 4.92 Å². The third-order valence-corrected chi connectivity index (χ3v) is 4.09. The number of thiophene rings is 1. The molecular weight excluding hydrogens is 260 g/mol. The number of hydrogen-bond donors (Lipinski definition) is 1. The molecule has 0 saturated carbocycles. The third-order valence-electron chi connectivity index (χ3n) is 2.91. The van der Waals surface area contributed by atoms with Crippen LogP contribution in [0.3, 0.4) is 0 Å². The van der Waals surface area contributed by atoms with Gasteiger partial charge in [-0.3, -0.25) is 10.1 Å². The van der Waals surface area contributed by atoms with Crippen LogP contribution in [0.1, 0.15) is 28.3 Å². The first kappa shape index (κ1) is 13.5. The summed E-state index contributed by atoms with van der Waals surface area (Å²) in [6, 6.07) is 9.40. The van der Waals surface area contributed by atoms with Crippen molar-refractivity contribution in [1.82, 2.24) is 0 Å². The lowest BCUT2D eigenvalue weighted by Crippen LogP contribution is -2.07. The number of nitro groups is 1. The molecule has 1 N–H and O–H groups in total. The molecule has 1 heterocycles. The Morgan fingerprint density at radius 3 is 2.58 bits per heavy atom. The van der Waals surface area contributed by atoms with Crippen molar-refractivity contribution in [1.29, 1.82) is 0 Å². The Labute approximate surface area is 116 Å².